The highest BCUT2D eigenvalue weighted by Crippen LogP contribution is 2.51. The first-order valence-electron chi connectivity index (χ1n) is 5.75. The predicted molar refractivity (Wildman–Crippen MR) is 53.9 cm³/mol. The molecule has 7 heteroatoms. The summed E-state index contributed by atoms with van der Waals surface area (Å²) in [7, 11) is 0. The molecule has 0 N–H and O–H groups in total. The van der Waals surface area contributed by atoms with Gasteiger partial charge in [0, 0.05) is 19.5 Å². The number of rotatable bonds is 1. The zero-order valence-electron chi connectivity index (χ0n) is 9.42. The van der Waals surface area contributed by atoms with Crippen LogP contribution in [0.15, 0.2) is 16.9 Å². The van der Waals surface area contributed by atoms with E-state index in [1.54, 1.807) is 12.5 Å². The van der Waals surface area contributed by atoms with Crippen LogP contribution in [0.5, 0.6) is 0 Å². The van der Waals surface area contributed by atoms with Crippen LogP contribution in [0.2, 0.25) is 0 Å². The molecule has 1 aromatic heterocycles. The van der Waals surface area contributed by atoms with Gasteiger partial charge in [0.15, 0.2) is 0 Å². The van der Waals surface area contributed by atoms with Crippen molar-refractivity contribution in [1.29, 1.82) is 0 Å². The van der Waals surface area contributed by atoms with Crippen molar-refractivity contribution in [3.05, 3.63) is 18.4 Å². The van der Waals surface area contributed by atoms with Gasteiger partial charge in [-0.3, -0.25) is 0 Å². The average molecular weight is 250 g/mol. The highest BCUT2D eigenvalue weighted by Gasteiger charge is 2.66. The number of nitrogens with zero attached hydrogens (tertiary/aromatic N) is 2. The quantitative estimate of drug-likeness (QED) is 0.503. The average Bonchev–Trinajstić information content (AvgIpc) is 2.89. The molecule has 4 saturated heterocycles. The van der Waals surface area contributed by atoms with Gasteiger partial charge in [0.05, 0.1) is 11.6 Å². The third-order valence-electron chi connectivity index (χ3n) is 3.95. The molecule has 1 aromatic rings. The van der Waals surface area contributed by atoms with E-state index < -0.39 is 17.8 Å². The normalized spacial score (nSPS) is 36.1. The maximum atomic E-state index is 11.2. The molecule has 0 unspecified atom stereocenters. The van der Waals surface area contributed by atoms with Gasteiger partial charge in [-0.25, -0.2) is 19.5 Å². The Bertz CT molecular complexity index is 510. The Morgan fingerprint density at radius 2 is 1.89 bits per heavy atom. The molecule has 5 rings (SSSR count). The Hall–Kier alpha value is -1.89. The predicted octanol–water partition coefficient (Wildman–Crippen LogP) is -0.224. The van der Waals surface area contributed by atoms with Crippen LogP contribution in [0, 0.1) is 0 Å². The number of fused-ring (bicyclic) bond motifs is 1. The van der Waals surface area contributed by atoms with Crippen molar-refractivity contribution in [2.45, 2.75) is 24.2 Å². The lowest BCUT2D eigenvalue weighted by molar-refractivity contribution is -0.309. The second-order valence-corrected chi connectivity index (χ2v) is 4.97. The molecule has 4 aliphatic heterocycles. The second kappa shape index (κ2) is 2.92. The first-order chi connectivity index (χ1) is 8.64. The van der Waals surface area contributed by atoms with Crippen LogP contribution in [0.4, 0.5) is 0 Å². The SMILES string of the molecule is O=C1OC2(CCC3(c4ncco4)CN2C3)OC1=O. The summed E-state index contributed by atoms with van der Waals surface area (Å²) < 4.78 is 15.5. The summed E-state index contributed by atoms with van der Waals surface area (Å²) in [6.45, 7) is 1.24. The van der Waals surface area contributed by atoms with E-state index in [1.165, 1.54) is 0 Å². The molecule has 5 heterocycles. The van der Waals surface area contributed by atoms with Gasteiger partial charge in [0.25, 0.3) is 0 Å². The highest BCUT2D eigenvalue weighted by molar-refractivity contribution is 6.31. The van der Waals surface area contributed by atoms with Crippen molar-refractivity contribution in [1.82, 2.24) is 9.88 Å². The fourth-order valence-electron chi connectivity index (χ4n) is 2.99. The smallest absolute Gasteiger partial charge is 0.421 e. The summed E-state index contributed by atoms with van der Waals surface area (Å²) in [5, 5.41) is 0. The summed E-state index contributed by atoms with van der Waals surface area (Å²) in [6.07, 6.45) is 4.33. The van der Waals surface area contributed by atoms with Gasteiger partial charge in [-0.15, -0.1) is 0 Å². The van der Waals surface area contributed by atoms with Gasteiger partial charge in [-0.05, 0) is 6.42 Å². The number of esters is 2. The van der Waals surface area contributed by atoms with E-state index in [0.29, 0.717) is 31.8 Å². The van der Waals surface area contributed by atoms with Gasteiger partial charge >= 0.3 is 17.8 Å². The standard InChI is InChI=1S/C11H10N2O5/c14-7-8(15)18-11(17-7)2-1-10(5-13(11)6-10)9-12-3-4-16-9/h3-4H,1-2,5-6H2. The molecule has 0 atom stereocenters. The zero-order chi connectivity index (χ0) is 12.4. The van der Waals surface area contributed by atoms with Crippen molar-refractivity contribution in [2.75, 3.05) is 13.1 Å². The van der Waals surface area contributed by atoms with E-state index in [0.717, 1.165) is 0 Å². The first-order valence-corrected chi connectivity index (χ1v) is 5.75. The molecule has 94 valence electrons. The number of hydrogen-bond acceptors (Lipinski definition) is 7. The van der Waals surface area contributed by atoms with E-state index in [-0.39, 0.29) is 5.41 Å². The number of oxazole rings is 1. The Kier molecular flexibility index (Phi) is 1.63. The lowest BCUT2D eigenvalue weighted by Gasteiger charge is -2.58. The lowest BCUT2D eigenvalue weighted by atomic mass is 9.70. The molecule has 4 aliphatic rings. The number of aromatic nitrogens is 1. The Morgan fingerprint density at radius 1 is 1.17 bits per heavy atom. The summed E-state index contributed by atoms with van der Waals surface area (Å²) in [4.78, 5) is 28.4. The van der Waals surface area contributed by atoms with E-state index in [2.05, 4.69) is 4.98 Å². The monoisotopic (exact) mass is 250 g/mol. The molecular formula is C11H10N2O5. The number of hydrogen-bond donors (Lipinski definition) is 0. The summed E-state index contributed by atoms with van der Waals surface area (Å²) in [5.74, 6) is -2.30. The van der Waals surface area contributed by atoms with Crippen LogP contribution >= 0.6 is 0 Å². The summed E-state index contributed by atoms with van der Waals surface area (Å²) in [5.41, 5.74) is -0.129. The molecule has 0 amide bonds. The number of carbonyl (C=O) groups excluding carboxylic acids is 2. The molecule has 1 spiro atoms. The molecule has 0 radical (unpaired) electrons. The molecule has 4 fully saturated rings. The molecular weight excluding hydrogens is 240 g/mol. The zero-order valence-corrected chi connectivity index (χ0v) is 9.42. The molecule has 18 heavy (non-hydrogen) atoms. The molecule has 0 saturated carbocycles. The minimum absolute atomic E-state index is 0.129. The molecule has 7 nitrogen and oxygen atoms in total. The van der Waals surface area contributed by atoms with Gasteiger partial charge in [-0.2, -0.15) is 0 Å². The molecule has 0 aliphatic carbocycles. The lowest BCUT2D eigenvalue weighted by Crippen LogP contribution is -2.72. The van der Waals surface area contributed by atoms with Crippen molar-refractivity contribution in [3.8, 4) is 0 Å². The first kappa shape index (κ1) is 10.1. The van der Waals surface area contributed by atoms with Crippen molar-refractivity contribution >= 4 is 11.9 Å². The largest absolute Gasteiger partial charge is 0.448 e. The van der Waals surface area contributed by atoms with Crippen LogP contribution < -0.4 is 0 Å². The Balaban J connectivity index is 1.60. The number of carbonyl (C=O) groups is 2. The van der Waals surface area contributed by atoms with Crippen LogP contribution in [-0.2, 0) is 24.5 Å². The topological polar surface area (TPSA) is 81.9 Å². The molecule has 0 aromatic carbocycles. The van der Waals surface area contributed by atoms with Crippen molar-refractivity contribution in [2.24, 2.45) is 0 Å². The van der Waals surface area contributed by atoms with Gasteiger partial charge in [0.1, 0.15) is 6.26 Å². The maximum absolute atomic E-state index is 11.2. The highest BCUT2D eigenvalue weighted by atomic mass is 16.8. The third kappa shape index (κ3) is 1.05. The van der Waals surface area contributed by atoms with Crippen molar-refractivity contribution < 1.29 is 23.5 Å². The van der Waals surface area contributed by atoms with Gasteiger partial charge in [-0.1, -0.05) is 0 Å². The van der Waals surface area contributed by atoms with Gasteiger partial charge in [0.2, 0.25) is 5.89 Å². The van der Waals surface area contributed by atoms with Crippen LogP contribution in [-0.4, -0.2) is 40.8 Å². The van der Waals surface area contributed by atoms with Crippen molar-refractivity contribution in [3.63, 3.8) is 0 Å². The van der Waals surface area contributed by atoms with E-state index >= 15 is 0 Å². The number of piperidine rings is 2. The molecule has 2 bridgehead atoms. The fourth-order valence-corrected chi connectivity index (χ4v) is 2.99. The Morgan fingerprint density at radius 3 is 2.39 bits per heavy atom. The van der Waals surface area contributed by atoms with Crippen LogP contribution in [0.1, 0.15) is 18.7 Å². The van der Waals surface area contributed by atoms with E-state index in [4.69, 9.17) is 13.9 Å². The Labute approximate surface area is 102 Å². The maximum Gasteiger partial charge on any atom is 0.421 e. The minimum atomic E-state index is -1.18. The summed E-state index contributed by atoms with van der Waals surface area (Å²) >= 11 is 0. The minimum Gasteiger partial charge on any atom is -0.448 e. The van der Waals surface area contributed by atoms with Gasteiger partial charge < -0.3 is 13.9 Å². The third-order valence-corrected chi connectivity index (χ3v) is 3.95. The number of ether oxygens (including phenoxy) is 2. The summed E-state index contributed by atoms with van der Waals surface area (Å²) in [6, 6.07) is 0. The van der Waals surface area contributed by atoms with E-state index in [1.807, 2.05) is 4.90 Å². The fraction of sp³-hybridized carbons (Fsp3) is 0.545. The van der Waals surface area contributed by atoms with Crippen LogP contribution in [0.3, 0.4) is 0 Å². The second-order valence-electron chi connectivity index (χ2n) is 4.97. The van der Waals surface area contributed by atoms with E-state index in [9.17, 15) is 9.59 Å². The van der Waals surface area contributed by atoms with Crippen LogP contribution in [0.25, 0.3) is 0 Å².